The van der Waals surface area contributed by atoms with Crippen LogP contribution in [0.15, 0.2) is 52.9 Å². The van der Waals surface area contributed by atoms with Gasteiger partial charge < -0.3 is 19.5 Å². The van der Waals surface area contributed by atoms with E-state index < -0.39 is 0 Å². The maximum absolute atomic E-state index is 12.3. The molecule has 0 aliphatic heterocycles. The van der Waals surface area contributed by atoms with Gasteiger partial charge in [0.1, 0.15) is 0 Å². The minimum absolute atomic E-state index is 0.153. The summed E-state index contributed by atoms with van der Waals surface area (Å²) in [5.41, 5.74) is 1.42. The average Bonchev–Trinajstić information content (AvgIpc) is 3.28. The molecule has 172 valence electrons. The van der Waals surface area contributed by atoms with Crippen LogP contribution in [-0.4, -0.2) is 49.1 Å². The fourth-order valence-corrected chi connectivity index (χ4v) is 4.24. The molecule has 2 amide bonds. The summed E-state index contributed by atoms with van der Waals surface area (Å²) in [6.07, 6.45) is 2.98. The Labute approximate surface area is 199 Å². The lowest BCUT2D eigenvalue weighted by Crippen LogP contribution is -2.13. The zero-order valence-corrected chi connectivity index (χ0v) is 19.8. The van der Waals surface area contributed by atoms with E-state index in [1.54, 1.807) is 18.2 Å². The van der Waals surface area contributed by atoms with Crippen LogP contribution < -0.4 is 24.8 Å². The van der Waals surface area contributed by atoms with Crippen molar-refractivity contribution >= 4 is 51.8 Å². The molecule has 0 saturated heterocycles. The van der Waals surface area contributed by atoms with Crippen molar-refractivity contribution in [2.45, 2.75) is 4.34 Å². The number of amides is 2. The average molecular weight is 487 g/mol. The largest absolute Gasteiger partial charge is 0.493 e. The monoisotopic (exact) mass is 486 g/mol. The molecule has 3 rings (SSSR count). The Kier molecular flexibility index (Phi) is 8.67. The van der Waals surface area contributed by atoms with Crippen molar-refractivity contribution in [2.24, 2.45) is 0 Å². The Hall–Kier alpha value is -3.57. The number of hydrogen-bond acceptors (Lipinski definition) is 9. The summed E-state index contributed by atoms with van der Waals surface area (Å²) in [5.74, 6) is 1.09. The molecule has 0 radical (unpaired) electrons. The van der Waals surface area contributed by atoms with Crippen LogP contribution in [0.25, 0.3) is 6.08 Å². The van der Waals surface area contributed by atoms with Crippen molar-refractivity contribution in [3.05, 3.63) is 54.1 Å². The highest BCUT2D eigenvalue weighted by atomic mass is 32.2. The minimum atomic E-state index is -0.377. The van der Waals surface area contributed by atoms with E-state index in [9.17, 15) is 9.59 Å². The van der Waals surface area contributed by atoms with Crippen molar-refractivity contribution in [3.8, 4) is 17.2 Å². The van der Waals surface area contributed by atoms with Crippen LogP contribution in [0.2, 0.25) is 0 Å². The van der Waals surface area contributed by atoms with E-state index >= 15 is 0 Å². The van der Waals surface area contributed by atoms with E-state index in [0.29, 0.717) is 32.3 Å². The second kappa shape index (κ2) is 11.9. The summed E-state index contributed by atoms with van der Waals surface area (Å²) in [6, 6.07) is 12.6. The molecule has 3 aromatic rings. The van der Waals surface area contributed by atoms with Crippen LogP contribution in [0.4, 0.5) is 10.8 Å². The molecule has 1 aromatic heterocycles. The van der Waals surface area contributed by atoms with Crippen molar-refractivity contribution in [3.63, 3.8) is 0 Å². The van der Waals surface area contributed by atoms with Crippen molar-refractivity contribution in [1.82, 2.24) is 10.2 Å². The van der Waals surface area contributed by atoms with Gasteiger partial charge in [0.05, 0.1) is 27.1 Å². The Morgan fingerprint density at radius 1 is 1.00 bits per heavy atom. The number of nitrogens with one attached hydrogen (secondary N) is 2. The number of aromatic nitrogens is 2. The maximum atomic E-state index is 12.3. The highest BCUT2D eigenvalue weighted by Gasteiger charge is 2.13. The zero-order chi connectivity index (χ0) is 23.6. The van der Waals surface area contributed by atoms with Gasteiger partial charge in [-0.1, -0.05) is 41.3 Å². The molecular weight excluding hydrogens is 464 g/mol. The smallest absolute Gasteiger partial charge is 0.250 e. The normalized spacial score (nSPS) is 10.6. The van der Waals surface area contributed by atoms with Gasteiger partial charge in [-0.25, -0.2) is 0 Å². The molecule has 0 spiro atoms. The first-order valence-electron chi connectivity index (χ1n) is 9.62. The zero-order valence-electron chi connectivity index (χ0n) is 18.2. The second-order valence-electron chi connectivity index (χ2n) is 6.36. The van der Waals surface area contributed by atoms with E-state index in [4.69, 9.17) is 14.2 Å². The standard InChI is InChI=1S/C22H22N4O5S2/c1-29-16-11-14(12-17(30-2)20(16)31-3)9-10-18(27)24-21-25-26-22(33-21)32-13-19(28)23-15-7-5-4-6-8-15/h4-12H,13H2,1-3H3,(H,23,28)(H,24,25,27)/b10-9+. The molecule has 2 aromatic carbocycles. The van der Waals surface area contributed by atoms with Gasteiger partial charge in [0.2, 0.25) is 22.7 Å². The topological polar surface area (TPSA) is 112 Å². The van der Waals surface area contributed by atoms with Gasteiger partial charge in [0.25, 0.3) is 0 Å². The number of carbonyl (C=O) groups excluding carboxylic acids is 2. The first kappa shape index (κ1) is 24.1. The number of carbonyl (C=O) groups is 2. The Morgan fingerprint density at radius 3 is 2.33 bits per heavy atom. The molecule has 9 nitrogen and oxygen atoms in total. The van der Waals surface area contributed by atoms with Crippen molar-refractivity contribution in [1.29, 1.82) is 0 Å². The molecule has 0 bridgehead atoms. The van der Waals surface area contributed by atoms with Crippen LogP contribution in [0, 0.1) is 0 Å². The van der Waals surface area contributed by atoms with Crippen LogP contribution >= 0.6 is 23.1 Å². The highest BCUT2D eigenvalue weighted by molar-refractivity contribution is 8.01. The summed E-state index contributed by atoms with van der Waals surface area (Å²) in [6.45, 7) is 0. The first-order chi connectivity index (χ1) is 16.0. The Morgan fingerprint density at radius 2 is 1.70 bits per heavy atom. The molecule has 0 saturated carbocycles. The molecule has 0 aliphatic carbocycles. The van der Waals surface area contributed by atoms with E-state index in [0.717, 1.165) is 5.69 Å². The van der Waals surface area contributed by atoms with Crippen LogP contribution in [0.5, 0.6) is 17.2 Å². The van der Waals surface area contributed by atoms with Crippen LogP contribution in [0.1, 0.15) is 5.56 Å². The molecule has 0 fully saturated rings. The van der Waals surface area contributed by atoms with E-state index in [1.807, 2.05) is 30.3 Å². The number of rotatable bonds is 10. The molecule has 0 atom stereocenters. The van der Waals surface area contributed by atoms with Gasteiger partial charge in [-0.3, -0.25) is 14.9 Å². The first-order valence-corrected chi connectivity index (χ1v) is 11.4. The summed E-state index contributed by atoms with van der Waals surface area (Å²) >= 11 is 2.43. The SMILES string of the molecule is COc1cc(/C=C/C(=O)Nc2nnc(SCC(=O)Nc3ccccc3)s2)cc(OC)c1OC. The molecule has 2 N–H and O–H groups in total. The number of nitrogens with zero attached hydrogens (tertiary/aromatic N) is 2. The summed E-state index contributed by atoms with van der Waals surface area (Å²) in [4.78, 5) is 24.3. The lowest BCUT2D eigenvalue weighted by Gasteiger charge is -2.12. The predicted molar refractivity (Wildman–Crippen MR) is 129 cm³/mol. The number of ether oxygens (including phenoxy) is 3. The van der Waals surface area contributed by atoms with Gasteiger partial charge in [-0.05, 0) is 35.9 Å². The predicted octanol–water partition coefficient (Wildman–Crippen LogP) is 3.95. The van der Waals surface area contributed by atoms with Crippen LogP contribution in [0.3, 0.4) is 0 Å². The Balaban J connectivity index is 1.54. The van der Waals surface area contributed by atoms with Crippen molar-refractivity contribution in [2.75, 3.05) is 37.7 Å². The van der Waals surface area contributed by atoms with Crippen molar-refractivity contribution < 1.29 is 23.8 Å². The molecule has 0 unspecified atom stereocenters. The lowest BCUT2D eigenvalue weighted by atomic mass is 10.1. The molecule has 0 aliphatic rings. The summed E-state index contributed by atoms with van der Waals surface area (Å²) in [5, 5.41) is 13.7. The van der Waals surface area contributed by atoms with E-state index in [1.165, 1.54) is 50.5 Å². The number of para-hydroxylation sites is 1. The number of anilines is 2. The minimum Gasteiger partial charge on any atom is -0.493 e. The molecular formula is C22H22N4O5S2. The fraction of sp³-hybridized carbons (Fsp3) is 0.182. The summed E-state index contributed by atoms with van der Waals surface area (Å²) in [7, 11) is 4.56. The molecule has 11 heteroatoms. The third kappa shape index (κ3) is 6.96. The quantitative estimate of drug-likeness (QED) is 0.252. The lowest BCUT2D eigenvalue weighted by molar-refractivity contribution is -0.114. The maximum Gasteiger partial charge on any atom is 0.250 e. The second-order valence-corrected chi connectivity index (χ2v) is 8.56. The van der Waals surface area contributed by atoms with Gasteiger partial charge in [-0.2, -0.15) is 0 Å². The third-order valence-electron chi connectivity index (χ3n) is 4.14. The molecule has 1 heterocycles. The number of thioether (sulfide) groups is 1. The summed E-state index contributed by atoms with van der Waals surface area (Å²) < 4.78 is 16.5. The number of methoxy groups -OCH3 is 3. The van der Waals surface area contributed by atoms with E-state index in [2.05, 4.69) is 20.8 Å². The number of benzene rings is 2. The Bertz CT molecular complexity index is 1110. The van der Waals surface area contributed by atoms with Gasteiger partial charge in [-0.15, -0.1) is 10.2 Å². The highest BCUT2D eigenvalue weighted by Crippen LogP contribution is 2.38. The number of hydrogen-bond donors (Lipinski definition) is 2. The molecule has 33 heavy (non-hydrogen) atoms. The van der Waals surface area contributed by atoms with E-state index in [-0.39, 0.29) is 17.6 Å². The van der Waals surface area contributed by atoms with Gasteiger partial charge in [0.15, 0.2) is 15.8 Å². The van der Waals surface area contributed by atoms with Gasteiger partial charge in [0, 0.05) is 11.8 Å². The third-order valence-corrected chi connectivity index (χ3v) is 6.11. The van der Waals surface area contributed by atoms with Gasteiger partial charge >= 0.3 is 0 Å². The van der Waals surface area contributed by atoms with Crippen LogP contribution in [-0.2, 0) is 9.59 Å². The fourth-order valence-electron chi connectivity index (χ4n) is 2.68.